The molecule has 21 heavy (non-hydrogen) atoms. The fourth-order valence-electron chi connectivity index (χ4n) is 2.86. The summed E-state index contributed by atoms with van der Waals surface area (Å²) in [5.74, 6) is 0. The summed E-state index contributed by atoms with van der Waals surface area (Å²) in [4.78, 5) is 4.90. The van der Waals surface area contributed by atoms with Gasteiger partial charge in [0.05, 0.1) is 11.4 Å². The Morgan fingerprint density at radius 2 is 1.05 bits per heavy atom. The van der Waals surface area contributed by atoms with Crippen LogP contribution in [-0.4, -0.2) is 5.71 Å². The van der Waals surface area contributed by atoms with Gasteiger partial charge >= 0.3 is 0 Å². The summed E-state index contributed by atoms with van der Waals surface area (Å²) in [7, 11) is 0. The molecule has 0 aliphatic heterocycles. The van der Waals surface area contributed by atoms with E-state index < -0.39 is 0 Å². The Kier molecular flexibility index (Phi) is 2.71. The molecule has 0 unspecified atom stereocenters. The maximum Gasteiger partial charge on any atom is 0.0794 e. The Hall–Kier alpha value is -2.67. The first kappa shape index (κ1) is 12.1. The first-order valence-electron chi connectivity index (χ1n) is 7.17. The number of aryl methyl sites for hydroxylation is 1. The van der Waals surface area contributed by atoms with Gasteiger partial charge in [-0.05, 0) is 30.2 Å². The molecule has 4 rings (SSSR count). The van der Waals surface area contributed by atoms with Crippen molar-refractivity contribution in [2.24, 2.45) is 4.99 Å². The van der Waals surface area contributed by atoms with Gasteiger partial charge in [0.15, 0.2) is 0 Å². The van der Waals surface area contributed by atoms with Gasteiger partial charge in [0, 0.05) is 11.1 Å². The van der Waals surface area contributed by atoms with Crippen LogP contribution in [-0.2, 0) is 0 Å². The van der Waals surface area contributed by atoms with Crippen LogP contribution >= 0.6 is 0 Å². The number of nitrogens with zero attached hydrogens (tertiary/aromatic N) is 1. The van der Waals surface area contributed by atoms with E-state index in [0.717, 1.165) is 11.4 Å². The molecular weight excluding hydrogens is 254 g/mol. The van der Waals surface area contributed by atoms with Crippen molar-refractivity contribution in [2.75, 3.05) is 0 Å². The van der Waals surface area contributed by atoms with Crippen molar-refractivity contribution in [2.45, 2.75) is 6.92 Å². The van der Waals surface area contributed by atoms with Crippen LogP contribution in [0.2, 0.25) is 0 Å². The fourth-order valence-corrected chi connectivity index (χ4v) is 2.86. The Labute approximate surface area is 124 Å². The summed E-state index contributed by atoms with van der Waals surface area (Å²) in [6, 6.07) is 25.3. The minimum Gasteiger partial charge on any atom is -0.248 e. The molecule has 0 N–H and O–H groups in total. The van der Waals surface area contributed by atoms with E-state index >= 15 is 0 Å². The molecule has 100 valence electrons. The van der Waals surface area contributed by atoms with Crippen LogP contribution in [0.5, 0.6) is 0 Å². The third-order valence-electron chi connectivity index (χ3n) is 3.93. The summed E-state index contributed by atoms with van der Waals surface area (Å²) < 4.78 is 0. The summed E-state index contributed by atoms with van der Waals surface area (Å²) in [6.45, 7) is 2.09. The molecule has 3 aromatic rings. The molecule has 0 radical (unpaired) electrons. The number of hydrogen-bond donors (Lipinski definition) is 0. The zero-order valence-electron chi connectivity index (χ0n) is 11.9. The average Bonchev–Trinajstić information content (AvgIpc) is 2.85. The van der Waals surface area contributed by atoms with Crippen molar-refractivity contribution in [3.8, 4) is 11.1 Å². The minimum absolute atomic E-state index is 1.00. The molecular formula is C20H15N. The Morgan fingerprint density at radius 1 is 0.571 bits per heavy atom. The lowest BCUT2D eigenvalue weighted by molar-refractivity contribution is 1.43. The third kappa shape index (κ3) is 1.98. The van der Waals surface area contributed by atoms with Crippen LogP contribution in [0.4, 0.5) is 5.69 Å². The second-order valence-electron chi connectivity index (χ2n) is 5.39. The van der Waals surface area contributed by atoms with Crippen LogP contribution in [0.3, 0.4) is 0 Å². The van der Waals surface area contributed by atoms with Crippen molar-refractivity contribution in [1.82, 2.24) is 0 Å². The number of hydrogen-bond acceptors (Lipinski definition) is 1. The molecule has 0 saturated heterocycles. The molecule has 0 amide bonds. The SMILES string of the molecule is Cc1ccc(N=C2c3ccccc3-c3ccccc32)cc1. The number of benzene rings is 3. The molecule has 1 nitrogen and oxygen atoms in total. The number of fused-ring (bicyclic) bond motifs is 3. The van der Waals surface area contributed by atoms with E-state index in [2.05, 4.69) is 79.7 Å². The monoisotopic (exact) mass is 269 g/mol. The highest BCUT2D eigenvalue weighted by Crippen LogP contribution is 2.37. The van der Waals surface area contributed by atoms with Crippen molar-refractivity contribution >= 4 is 11.4 Å². The fraction of sp³-hybridized carbons (Fsp3) is 0.0500. The van der Waals surface area contributed by atoms with Crippen molar-refractivity contribution in [3.63, 3.8) is 0 Å². The van der Waals surface area contributed by atoms with Gasteiger partial charge in [-0.15, -0.1) is 0 Å². The van der Waals surface area contributed by atoms with Crippen LogP contribution in [0.15, 0.2) is 77.8 Å². The van der Waals surface area contributed by atoms with Gasteiger partial charge in [-0.3, -0.25) is 0 Å². The second kappa shape index (κ2) is 4.71. The molecule has 0 fully saturated rings. The maximum absolute atomic E-state index is 4.90. The van der Waals surface area contributed by atoms with E-state index in [-0.39, 0.29) is 0 Å². The topological polar surface area (TPSA) is 12.4 Å². The summed E-state index contributed by atoms with van der Waals surface area (Å²) in [5, 5.41) is 0. The average molecular weight is 269 g/mol. The standard InChI is InChI=1S/C20H15N/c1-14-10-12-15(13-11-14)21-20-18-8-4-2-6-16(18)17-7-3-5-9-19(17)20/h2-13H,1H3. The summed E-state index contributed by atoms with van der Waals surface area (Å²) >= 11 is 0. The highest BCUT2D eigenvalue weighted by Gasteiger charge is 2.23. The van der Waals surface area contributed by atoms with Crippen LogP contribution in [0.1, 0.15) is 16.7 Å². The zero-order valence-corrected chi connectivity index (χ0v) is 11.9. The lowest BCUT2D eigenvalue weighted by Gasteiger charge is -2.02. The Bertz CT molecular complexity index is 794. The number of rotatable bonds is 1. The van der Waals surface area contributed by atoms with Crippen molar-refractivity contribution in [3.05, 3.63) is 89.5 Å². The largest absolute Gasteiger partial charge is 0.248 e. The molecule has 3 aromatic carbocycles. The zero-order chi connectivity index (χ0) is 14.2. The van der Waals surface area contributed by atoms with Crippen LogP contribution in [0.25, 0.3) is 11.1 Å². The van der Waals surface area contributed by atoms with E-state index in [1.54, 1.807) is 0 Å². The number of aliphatic imine (C=N–C) groups is 1. The molecule has 0 heterocycles. The van der Waals surface area contributed by atoms with Gasteiger partial charge < -0.3 is 0 Å². The first-order valence-corrected chi connectivity index (χ1v) is 7.17. The van der Waals surface area contributed by atoms with Crippen LogP contribution < -0.4 is 0 Å². The Balaban J connectivity index is 1.94. The maximum atomic E-state index is 4.90. The highest BCUT2D eigenvalue weighted by molar-refractivity contribution is 6.25. The molecule has 1 aliphatic carbocycles. The second-order valence-corrected chi connectivity index (χ2v) is 5.39. The normalized spacial score (nSPS) is 12.0. The Morgan fingerprint density at radius 3 is 1.57 bits per heavy atom. The van der Waals surface area contributed by atoms with E-state index in [9.17, 15) is 0 Å². The summed E-state index contributed by atoms with van der Waals surface area (Å²) in [5.41, 5.74) is 8.33. The van der Waals surface area contributed by atoms with Crippen molar-refractivity contribution < 1.29 is 0 Å². The highest BCUT2D eigenvalue weighted by atomic mass is 14.8. The van der Waals surface area contributed by atoms with E-state index in [0.29, 0.717) is 0 Å². The molecule has 1 aliphatic rings. The van der Waals surface area contributed by atoms with Gasteiger partial charge in [-0.2, -0.15) is 0 Å². The summed E-state index contributed by atoms with van der Waals surface area (Å²) in [6.07, 6.45) is 0. The molecule has 0 saturated carbocycles. The van der Waals surface area contributed by atoms with Gasteiger partial charge in [0.2, 0.25) is 0 Å². The predicted octanol–water partition coefficient (Wildman–Crippen LogP) is 5.14. The van der Waals surface area contributed by atoms with E-state index in [4.69, 9.17) is 4.99 Å². The molecule has 0 aromatic heterocycles. The van der Waals surface area contributed by atoms with Crippen LogP contribution in [0, 0.1) is 6.92 Å². The molecule has 0 bridgehead atoms. The van der Waals surface area contributed by atoms with E-state index in [1.807, 2.05) is 0 Å². The van der Waals surface area contributed by atoms with Gasteiger partial charge in [-0.1, -0.05) is 66.2 Å². The van der Waals surface area contributed by atoms with E-state index in [1.165, 1.54) is 27.8 Å². The first-order chi connectivity index (χ1) is 10.3. The molecule has 0 spiro atoms. The van der Waals surface area contributed by atoms with Gasteiger partial charge in [0.25, 0.3) is 0 Å². The molecule has 0 atom stereocenters. The lowest BCUT2D eigenvalue weighted by atomic mass is 10.1. The quantitative estimate of drug-likeness (QED) is 0.453. The van der Waals surface area contributed by atoms with Crippen molar-refractivity contribution in [1.29, 1.82) is 0 Å². The lowest BCUT2D eigenvalue weighted by Crippen LogP contribution is -1.97. The van der Waals surface area contributed by atoms with Gasteiger partial charge in [-0.25, -0.2) is 4.99 Å². The predicted molar refractivity (Wildman–Crippen MR) is 88.4 cm³/mol. The van der Waals surface area contributed by atoms with Gasteiger partial charge in [0.1, 0.15) is 0 Å². The third-order valence-corrected chi connectivity index (χ3v) is 3.93. The molecule has 1 heteroatoms. The smallest absolute Gasteiger partial charge is 0.0794 e. The minimum atomic E-state index is 1.00.